The van der Waals surface area contributed by atoms with Crippen molar-refractivity contribution in [1.29, 1.82) is 0 Å². The van der Waals surface area contributed by atoms with Crippen molar-refractivity contribution in [1.82, 2.24) is 0 Å². The highest BCUT2D eigenvalue weighted by Crippen LogP contribution is 2.10. The zero-order chi connectivity index (χ0) is 8.27. The van der Waals surface area contributed by atoms with Crippen LogP contribution in [-0.2, 0) is 0 Å². The molecule has 0 unspecified atom stereocenters. The van der Waals surface area contributed by atoms with Gasteiger partial charge in [-0.25, -0.2) is 4.85 Å². The van der Waals surface area contributed by atoms with Gasteiger partial charge in [-0.1, -0.05) is 24.3 Å². The molecule has 48 valence electrons. The molecule has 1 aromatic rings. The molecule has 0 N–H and O–H groups in total. The maximum Gasteiger partial charge on any atom is 0.187 e. The summed E-state index contributed by atoms with van der Waals surface area (Å²) in [4.78, 5) is 13.6. The lowest BCUT2D eigenvalue weighted by molar-refractivity contribution is 0.112. The lowest BCUT2D eigenvalue weighted by Gasteiger charge is -1.87. The van der Waals surface area contributed by atoms with E-state index in [4.69, 9.17) is 7.94 Å². The third kappa shape index (κ3) is 1.20. The normalized spacial score (nSPS) is 9.70. The van der Waals surface area contributed by atoms with E-state index in [0.717, 1.165) is 0 Å². The average Bonchev–Trinajstić information content (AvgIpc) is 2.05. The highest BCUT2D eigenvalue weighted by Gasteiger charge is 1.89. The van der Waals surface area contributed by atoms with Crippen molar-refractivity contribution < 1.29 is 6.17 Å². The number of benzene rings is 1. The smallest absolute Gasteiger partial charge is 0.187 e. The van der Waals surface area contributed by atoms with Crippen molar-refractivity contribution in [3.05, 3.63) is 41.2 Å². The van der Waals surface area contributed by atoms with Gasteiger partial charge in [0.2, 0.25) is 0 Å². The number of nitrogens with zero attached hydrogens (tertiary/aromatic N) is 1. The van der Waals surface area contributed by atoms with Gasteiger partial charge < -0.3 is 0 Å². The van der Waals surface area contributed by atoms with Gasteiger partial charge in [0.25, 0.3) is 0 Å². The number of hydrogen-bond donors (Lipinski definition) is 0. The minimum absolute atomic E-state index is 0.317. The molecule has 0 aliphatic carbocycles. The fourth-order valence-corrected chi connectivity index (χ4v) is 0.604. The van der Waals surface area contributed by atoms with Crippen molar-refractivity contribution in [3.8, 4) is 0 Å². The quantitative estimate of drug-likeness (QED) is 0.423. The minimum Gasteiger partial charge on any atom is -0.298 e. The average molecular weight is 132 g/mol. The van der Waals surface area contributed by atoms with Crippen LogP contribution in [0, 0.1) is 6.57 Å². The van der Waals surface area contributed by atoms with E-state index in [2.05, 4.69) is 4.85 Å². The van der Waals surface area contributed by atoms with Gasteiger partial charge in [0, 0.05) is 5.56 Å². The summed E-state index contributed by atoms with van der Waals surface area (Å²) in [5.41, 5.74) is 0.799. The zero-order valence-electron chi connectivity index (χ0n) is 6.16. The predicted octanol–water partition coefficient (Wildman–Crippen LogP) is 2.05. The second-order valence-electron chi connectivity index (χ2n) is 1.76. The Morgan fingerprint density at radius 1 is 1.50 bits per heavy atom. The standard InChI is InChI=1S/C8H5NO/c1-9-8-4-2-7(6-10)3-5-8/h2-6H/i6D. The Labute approximate surface area is 60.3 Å². The molecule has 1 aromatic carbocycles. The van der Waals surface area contributed by atoms with E-state index >= 15 is 0 Å². The number of aldehydes is 1. The van der Waals surface area contributed by atoms with Gasteiger partial charge in [-0.2, -0.15) is 0 Å². The molecule has 0 aliphatic rings. The van der Waals surface area contributed by atoms with E-state index in [1.165, 1.54) is 24.3 Å². The van der Waals surface area contributed by atoms with Crippen molar-refractivity contribution in [2.75, 3.05) is 0 Å². The van der Waals surface area contributed by atoms with Crippen LogP contribution < -0.4 is 0 Å². The first-order valence-corrected chi connectivity index (χ1v) is 2.72. The molecule has 0 spiro atoms. The molecule has 0 saturated carbocycles. The summed E-state index contributed by atoms with van der Waals surface area (Å²) >= 11 is 0. The van der Waals surface area contributed by atoms with Crippen LogP contribution >= 0.6 is 0 Å². The van der Waals surface area contributed by atoms with E-state index in [1.54, 1.807) is 0 Å². The van der Waals surface area contributed by atoms with Crippen LogP contribution in [0.2, 0.25) is 0 Å². The van der Waals surface area contributed by atoms with E-state index in [9.17, 15) is 4.79 Å². The molecule has 2 nitrogen and oxygen atoms in total. The Hall–Kier alpha value is -1.62. The molecule has 0 saturated heterocycles. The first-order chi connectivity index (χ1) is 5.24. The Bertz CT molecular complexity index is 310. The SMILES string of the molecule is [2H]C(=O)c1ccc([N+]#[C-])cc1. The molecule has 1 rings (SSSR count). The topological polar surface area (TPSA) is 21.4 Å². The van der Waals surface area contributed by atoms with E-state index in [-0.39, 0.29) is 0 Å². The molecule has 0 atom stereocenters. The van der Waals surface area contributed by atoms with E-state index < -0.39 is 6.26 Å². The van der Waals surface area contributed by atoms with Crippen LogP contribution in [0.5, 0.6) is 0 Å². The van der Waals surface area contributed by atoms with Crippen molar-refractivity contribution in [3.63, 3.8) is 0 Å². The van der Waals surface area contributed by atoms with Gasteiger partial charge in [0.1, 0.15) is 7.63 Å². The van der Waals surface area contributed by atoms with Crippen molar-refractivity contribution in [2.24, 2.45) is 0 Å². The van der Waals surface area contributed by atoms with Gasteiger partial charge in [-0.3, -0.25) is 4.79 Å². The minimum atomic E-state index is -0.721. The largest absolute Gasteiger partial charge is 0.298 e. The summed E-state index contributed by atoms with van der Waals surface area (Å²) in [5.74, 6) is 0. The number of carbonyl (C=O) groups excluding carboxylic acids is 1. The molecule has 0 amide bonds. The highest BCUT2D eigenvalue weighted by atomic mass is 16.1. The Morgan fingerprint density at radius 3 is 2.50 bits per heavy atom. The monoisotopic (exact) mass is 132 g/mol. The van der Waals surface area contributed by atoms with Crippen LogP contribution in [-0.4, -0.2) is 6.26 Å². The molecule has 10 heavy (non-hydrogen) atoms. The molecule has 2 heteroatoms. The zero-order valence-corrected chi connectivity index (χ0v) is 5.16. The second kappa shape index (κ2) is 2.79. The summed E-state index contributed by atoms with van der Waals surface area (Å²) < 4.78 is 6.73. The predicted molar refractivity (Wildman–Crippen MR) is 38.1 cm³/mol. The lowest BCUT2D eigenvalue weighted by atomic mass is 10.2. The van der Waals surface area contributed by atoms with Crippen molar-refractivity contribution in [2.45, 2.75) is 0 Å². The van der Waals surface area contributed by atoms with Gasteiger partial charge in [-0.05, 0) is 0 Å². The Morgan fingerprint density at radius 2 is 2.10 bits per heavy atom. The van der Waals surface area contributed by atoms with Gasteiger partial charge in [0.15, 0.2) is 5.69 Å². The molecule has 0 aliphatic heterocycles. The maximum absolute atomic E-state index is 10.4. The summed E-state index contributed by atoms with van der Waals surface area (Å²) in [6.07, 6.45) is -0.721. The number of carbonyl (C=O) groups is 1. The van der Waals surface area contributed by atoms with Crippen LogP contribution in [0.15, 0.2) is 24.3 Å². The summed E-state index contributed by atoms with van der Waals surface area (Å²) in [5, 5.41) is 0. The van der Waals surface area contributed by atoms with Crippen LogP contribution in [0.3, 0.4) is 0 Å². The number of hydrogen-bond acceptors (Lipinski definition) is 1. The molecule has 0 radical (unpaired) electrons. The number of rotatable bonds is 1. The fraction of sp³-hybridized carbons (Fsp3) is 0. The molecular weight excluding hydrogens is 126 g/mol. The van der Waals surface area contributed by atoms with Crippen LogP contribution in [0.1, 0.15) is 11.7 Å². The maximum atomic E-state index is 10.4. The second-order valence-corrected chi connectivity index (χ2v) is 1.76. The first-order valence-electron chi connectivity index (χ1n) is 3.22. The van der Waals surface area contributed by atoms with Crippen LogP contribution in [0.25, 0.3) is 4.85 Å². The Kier molecular flexibility index (Phi) is 1.45. The van der Waals surface area contributed by atoms with Crippen molar-refractivity contribution >= 4 is 11.9 Å². The first kappa shape index (κ1) is 5.19. The Balaban J connectivity index is 3.03. The van der Waals surface area contributed by atoms with Crippen LogP contribution in [0.4, 0.5) is 5.69 Å². The third-order valence-electron chi connectivity index (χ3n) is 1.11. The molecule has 0 heterocycles. The molecule has 0 bridgehead atoms. The molecule has 0 fully saturated rings. The third-order valence-corrected chi connectivity index (χ3v) is 1.11. The summed E-state index contributed by atoms with van der Waals surface area (Å²) in [6, 6.07) is 5.99. The van der Waals surface area contributed by atoms with E-state index in [0.29, 0.717) is 11.3 Å². The molecular formula is C8H5NO. The molecule has 0 aromatic heterocycles. The lowest BCUT2D eigenvalue weighted by Crippen LogP contribution is -1.74. The van der Waals surface area contributed by atoms with Gasteiger partial charge in [-0.15, -0.1) is 0 Å². The van der Waals surface area contributed by atoms with E-state index in [1.807, 2.05) is 0 Å². The highest BCUT2D eigenvalue weighted by molar-refractivity contribution is 5.75. The fourth-order valence-electron chi connectivity index (χ4n) is 0.604. The van der Waals surface area contributed by atoms with Gasteiger partial charge >= 0.3 is 0 Å². The summed E-state index contributed by atoms with van der Waals surface area (Å²) in [6.45, 7) is 6.61. The summed E-state index contributed by atoms with van der Waals surface area (Å²) in [7, 11) is 0. The van der Waals surface area contributed by atoms with Gasteiger partial charge in [0.05, 0.1) is 6.57 Å².